The van der Waals surface area contributed by atoms with Gasteiger partial charge in [0.1, 0.15) is 22.4 Å². The number of hydrogen-bond acceptors (Lipinski definition) is 11. The molecule has 0 aromatic rings. The first-order valence-electron chi connectivity index (χ1n) is 14.7. The first-order valence-corrected chi connectivity index (χ1v) is 14.7. The summed E-state index contributed by atoms with van der Waals surface area (Å²) in [5.74, 6) is -2.20. The molecule has 0 saturated carbocycles. The Hall–Kier alpha value is -2.24. The van der Waals surface area contributed by atoms with Gasteiger partial charge in [0.05, 0.1) is 5.60 Å². The van der Waals surface area contributed by atoms with Gasteiger partial charge in [-0.2, -0.15) is 0 Å². The van der Waals surface area contributed by atoms with Crippen molar-refractivity contribution >= 4 is 23.9 Å². The lowest BCUT2D eigenvalue weighted by Crippen LogP contribution is -2.68. The van der Waals surface area contributed by atoms with Gasteiger partial charge in [0.15, 0.2) is 0 Å². The third-order valence-electron chi connectivity index (χ3n) is 6.08. The maximum Gasteiger partial charge on any atom is 0.306 e. The van der Waals surface area contributed by atoms with Crippen LogP contribution in [0.1, 0.15) is 134 Å². The molecule has 0 aliphatic rings. The van der Waals surface area contributed by atoms with E-state index in [2.05, 4.69) is 0 Å². The molecular formula is C31H58N2O9. The van der Waals surface area contributed by atoms with Crippen molar-refractivity contribution in [2.24, 2.45) is 11.5 Å². The van der Waals surface area contributed by atoms with Gasteiger partial charge in [-0.15, -0.1) is 0 Å². The zero-order valence-corrected chi connectivity index (χ0v) is 28.1. The zero-order valence-electron chi connectivity index (χ0n) is 28.1. The van der Waals surface area contributed by atoms with Crippen LogP contribution in [0.3, 0.4) is 0 Å². The van der Waals surface area contributed by atoms with E-state index in [4.69, 9.17) is 30.4 Å². The lowest BCUT2D eigenvalue weighted by atomic mass is 9.67. The lowest BCUT2D eigenvalue weighted by molar-refractivity contribution is -0.162. The number of hydrogen-bond donors (Lipinski definition) is 3. The van der Waals surface area contributed by atoms with E-state index in [0.29, 0.717) is 0 Å². The van der Waals surface area contributed by atoms with Crippen molar-refractivity contribution in [1.29, 1.82) is 0 Å². The molecule has 2 unspecified atom stereocenters. The maximum atomic E-state index is 12.7. The molecule has 11 heteroatoms. The highest BCUT2D eigenvalue weighted by molar-refractivity contribution is 5.72. The van der Waals surface area contributed by atoms with E-state index in [-0.39, 0.29) is 51.4 Å². The van der Waals surface area contributed by atoms with Crippen molar-refractivity contribution in [3.05, 3.63) is 0 Å². The minimum atomic E-state index is -2.00. The van der Waals surface area contributed by atoms with Gasteiger partial charge in [-0.1, -0.05) is 0 Å². The molecule has 42 heavy (non-hydrogen) atoms. The molecule has 0 bridgehead atoms. The SMILES string of the molecule is CC(C)(C)OC(=O)CCC(N)C(O)(CCC(=O)OC(C)(C)C)C(N)(CCC(=O)OC(C)(C)C)CCC(=O)OC(C)(C)C. The van der Waals surface area contributed by atoms with Gasteiger partial charge in [0.2, 0.25) is 0 Å². The average molecular weight is 603 g/mol. The van der Waals surface area contributed by atoms with E-state index < -0.39 is 63.5 Å². The summed E-state index contributed by atoms with van der Waals surface area (Å²) < 4.78 is 21.7. The fourth-order valence-corrected chi connectivity index (χ4v) is 4.39. The summed E-state index contributed by atoms with van der Waals surface area (Å²) >= 11 is 0. The summed E-state index contributed by atoms with van der Waals surface area (Å²) in [7, 11) is 0. The Bertz CT molecular complexity index is 889. The summed E-state index contributed by atoms with van der Waals surface area (Å²) in [5, 5.41) is 12.3. The quantitative estimate of drug-likeness (QED) is 0.191. The van der Waals surface area contributed by atoms with Crippen LogP contribution < -0.4 is 11.5 Å². The van der Waals surface area contributed by atoms with Crippen LogP contribution in [0, 0.1) is 0 Å². The van der Waals surface area contributed by atoms with Crippen LogP contribution in [0.5, 0.6) is 0 Å². The summed E-state index contributed by atoms with van der Waals surface area (Å²) in [6.07, 6.45) is -1.24. The van der Waals surface area contributed by atoms with E-state index in [0.717, 1.165) is 0 Å². The van der Waals surface area contributed by atoms with Crippen LogP contribution in [-0.4, -0.2) is 68.6 Å². The van der Waals surface area contributed by atoms with Crippen molar-refractivity contribution < 1.29 is 43.2 Å². The first-order chi connectivity index (χ1) is 18.6. The molecule has 0 aliphatic carbocycles. The Morgan fingerprint density at radius 2 is 0.810 bits per heavy atom. The molecule has 5 N–H and O–H groups in total. The highest BCUT2D eigenvalue weighted by Gasteiger charge is 2.51. The van der Waals surface area contributed by atoms with Crippen LogP contribution in [0.15, 0.2) is 0 Å². The number of ether oxygens (including phenoxy) is 4. The smallest absolute Gasteiger partial charge is 0.306 e. The van der Waals surface area contributed by atoms with E-state index >= 15 is 0 Å². The Labute approximate surface area is 252 Å². The molecule has 11 nitrogen and oxygen atoms in total. The second-order valence-corrected chi connectivity index (χ2v) is 15.1. The molecule has 0 heterocycles. The minimum Gasteiger partial charge on any atom is -0.460 e. The molecule has 0 fully saturated rings. The first kappa shape index (κ1) is 39.8. The fraction of sp³-hybridized carbons (Fsp3) is 0.871. The molecule has 2 atom stereocenters. The van der Waals surface area contributed by atoms with Crippen LogP contribution in [0.4, 0.5) is 0 Å². The summed E-state index contributed by atoms with van der Waals surface area (Å²) in [6.45, 7) is 20.7. The van der Waals surface area contributed by atoms with E-state index in [1.807, 2.05) is 0 Å². The van der Waals surface area contributed by atoms with Gasteiger partial charge in [-0.05, 0) is 109 Å². The topological polar surface area (TPSA) is 177 Å². The van der Waals surface area contributed by atoms with Crippen molar-refractivity contribution in [1.82, 2.24) is 0 Å². The van der Waals surface area contributed by atoms with E-state index in [9.17, 15) is 24.3 Å². The van der Waals surface area contributed by atoms with Crippen LogP contribution in [-0.2, 0) is 38.1 Å². The van der Waals surface area contributed by atoms with Crippen molar-refractivity contribution in [2.75, 3.05) is 0 Å². The maximum absolute atomic E-state index is 12.7. The second kappa shape index (κ2) is 15.0. The van der Waals surface area contributed by atoms with Crippen molar-refractivity contribution in [2.45, 2.75) is 174 Å². The monoisotopic (exact) mass is 602 g/mol. The summed E-state index contributed by atoms with van der Waals surface area (Å²) in [6, 6.07) is -1.13. The zero-order chi connectivity index (χ0) is 33.4. The molecular weight excluding hydrogens is 544 g/mol. The summed E-state index contributed by atoms with van der Waals surface area (Å²) in [4.78, 5) is 50.5. The number of nitrogens with two attached hydrogens (primary N) is 2. The molecule has 246 valence electrons. The largest absolute Gasteiger partial charge is 0.460 e. The summed E-state index contributed by atoms with van der Waals surface area (Å²) in [5.41, 5.74) is 6.83. The standard InChI is InChI=1S/C31H58N2O9/c1-26(2,3)39-22(34)14-13-21(32)31(38,20-17-25(37)42-29(10,11)12)30(33,18-15-23(35)40-27(4,5)6)19-16-24(36)41-28(7,8)9/h21,38H,13-20,32-33H2,1-12H3. The fourth-order valence-electron chi connectivity index (χ4n) is 4.39. The number of rotatable bonds is 14. The molecule has 0 spiro atoms. The molecule has 0 aliphatic heterocycles. The highest BCUT2D eigenvalue weighted by atomic mass is 16.6. The minimum absolute atomic E-state index is 0.0302. The van der Waals surface area contributed by atoms with Gasteiger partial charge in [-0.25, -0.2) is 0 Å². The highest BCUT2D eigenvalue weighted by Crippen LogP contribution is 2.38. The molecule has 0 aromatic carbocycles. The van der Waals surface area contributed by atoms with Gasteiger partial charge < -0.3 is 35.5 Å². The Kier molecular flexibility index (Phi) is 14.2. The van der Waals surface area contributed by atoms with Crippen molar-refractivity contribution in [3.8, 4) is 0 Å². The molecule has 0 rings (SSSR count). The molecule has 0 amide bonds. The van der Waals surface area contributed by atoms with Crippen LogP contribution in [0.2, 0.25) is 0 Å². The predicted octanol–water partition coefficient (Wildman–Crippen LogP) is 4.23. The van der Waals surface area contributed by atoms with E-state index in [1.54, 1.807) is 83.1 Å². The third-order valence-corrected chi connectivity index (χ3v) is 6.08. The predicted molar refractivity (Wildman–Crippen MR) is 160 cm³/mol. The Morgan fingerprint density at radius 1 is 0.548 bits per heavy atom. The third kappa shape index (κ3) is 16.4. The average Bonchev–Trinajstić information content (AvgIpc) is 2.73. The van der Waals surface area contributed by atoms with Crippen LogP contribution in [0.25, 0.3) is 0 Å². The van der Waals surface area contributed by atoms with Crippen LogP contribution >= 0.6 is 0 Å². The van der Waals surface area contributed by atoms with Gasteiger partial charge >= 0.3 is 23.9 Å². The normalized spacial score (nSPS) is 15.3. The number of esters is 4. The second-order valence-electron chi connectivity index (χ2n) is 15.1. The van der Waals surface area contributed by atoms with Crippen molar-refractivity contribution in [3.63, 3.8) is 0 Å². The number of aliphatic hydroxyl groups is 1. The van der Waals surface area contributed by atoms with E-state index in [1.165, 1.54) is 0 Å². The lowest BCUT2D eigenvalue weighted by Gasteiger charge is -2.48. The number of carbonyl (C=O) groups is 4. The van der Waals surface area contributed by atoms with Gasteiger partial charge in [-0.3, -0.25) is 19.2 Å². The Balaban J connectivity index is 6.39. The Morgan fingerprint density at radius 3 is 1.10 bits per heavy atom. The molecule has 0 saturated heterocycles. The van der Waals surface area contributed by atoms with Gasteiger partial charge in [0, 0.05) is 37.3 Å². The molecule has 0 aromatic heterocycles. The molecule has 0 radical (unpaired) electrons. The van der Waals surface area contributed by atoms with Gasteiger partial charge in [0.25, 0.3) is 0 Å². The number of carbonyl (C=O) groups excluding carboxylic acids is 4.